The van der Waals surface area contributed by atoms with Crippen LogP contribution in [-0.4, -0.2) is 29.0 Å². The topological polar surface area (TPSA) is 51.0 Å². The maximum atomic E-state index is 5.87. The largest absolute Gasteiger partial charge is 0.425 e. The summed E-state index contributed by atoms with van der Waals surface area (Å²) in [4.78, 5) is 1.34. The highest BCUT2D eigenvalue weighted by Gasteiger charge is 2.28. The van der Waals surface area contributed by atoms with Gasteiger partial charge in [0, 0.05) is 17.1 Å². The van der Waals surface area contributed by atoms with Crippen molar-refractivity contribution in [3.05, 3.63) is 41.6 Å². The molecule has 1 N–H and O–H groups in total. The Morgan fingerprint density at radius 2 is 2.19 bits per heavy atom. The molecule has 0 saturated heterocycles. The Morgan fingerprint density at radius 1 is 1.29 bits per heavy atom. The average Bonchev–Trinajstić information content (AvgIpc) is 3.13. The van der Waals surface area contributed by atoms with Crippen LogP contribution in [0.25, 0.3) is 0 Å². The van der Waals surface area contributed by atoms with Gasteiger partial charge in [-0.05, 0) is 37.6 Å². The molecule has 1 aliphatic rings. The summed E-state index contributed by atoms with van der Waals surface area (Å²) < 4.78 is 5.87. The molecule has 3 rings (SSSR count). The molecule has 5 heteroatoms. The van der Waals surface area contributed by atoms with E-state index in [4.69, 9.17) is 4.42 Å². The van der Waals surface area contributed by atoms with E-state index >= 15 is 0 Å². The minimum absolute atomic E-state index is 0.255. The number of fused-ring (bicyclic) bond motifs is 1. The van der Waals surface area contributed by atoms with E-state index in [9.17, 15) is 0 Å². The second kappa shape index (κ2) is 7.09. The van der Waals surface area contributed by atoms with Crippen molar-refractivity contribution in [2.45, 2.75) is 37.0 Å². The van der Waals surface area contributed by atoms with Gasteiger partial charge in [0.1, 0.15) is 0 Å². The van der Waals surface area contributed by atoms with E-state index in [-0.39, 0.29) is 5.92 Å². The van der Waals surface area contributed by atoms with Crippen LogP contribution in [0.2, 0.25) is 0 Å². The standard InChI is InChI=1S/C16H21N3OS/c1-2-9-17-10-5-8-15-18-19-16(20-15)13-11-21-14-7-4-3-6-12(13)14/h3-4,6-7,13,17H,2,5,8-11H2,1H3. The van der Waals surface area contributed by atoms with E-state index in [0.717, 1.165) is 43.5 Å². The lowest BCUT2D eigenvalue weighted by Gasteiger charge is -2.04. The number of aromatic nitrogens is 2. The van der Waals surface area contributed by atoms with Crippen LogP contribution >= 0.6 is 11.8 Å². The number of aryl methyl sites for hydroxylation is 1. The first-order chi connectivity index (χ1) is 10.4. The van der Waals surface area contributed by atoms with Crippen molar-refractivity contribution in [3.63, 3.8) is 0 Å². The van der Waals surface area contributed by atoms with Gasteiger partial charge in [-0.1, -0.05) is 25.1 Å². The summed E-state index contributed by atoms with van der Waals surface area (Å²) in [5.41, 5.74) is 1.32. The van der Waals surface area contributed by atoms with E-state index in [1.165, 1.54) is 16.9 Å². The van der Waals surface area contributed by atoms with Crippen LogP contribution in [0.4, 0.5) is 0 Å². The Balaban J connectivity index is 1.58. The number of nitrogens with zero attached hydrogens (tertiary/aromatic N) is 2. The minimum atomic E-state index is 0.255. The Morgan fingerprint density at radius 3 is 3.10 bits per heavy atom. The summed E-state index contributed by atoms with van der Waals surface area (Å²) in [5.74, 6) is 2.78. The Kier molecular flexibility index (Phi) is 4.93. The zero-order valence-corrected chi connectivity index (χ0v) is 13.2. The van der Waals surface area contributed by atoms with Crippen molar-refractivity contribution < 1.29 is 4.42 Å². The summed E-state index contributed by atoms with van der Waals surface area (Å²) in [6.07, 6.45) is 3.06. The fourth-order valence-corrected chi connectivity index (χ4v) is 3.76. The van der Waals surface area contributed by atoms with Gasteiger partial charge in [-0.15, -0.1) is 22.0 Å². The minimum Gasteiger partial charge on any atom is -0.425 e. The Hall–Kier alpha value is -1.33. The van der Waals surface area contributed by atoms with Crippen LogP contribution in [0.3, 0.4) is 0 Å². The Bertz CT molecular complexity index is 584. The van der Waals surface area contributed by atoms with Crippen molar-refractivity contribution in [1.82, 2.24) is 15.5 Å². The number of hydrogen-bond acceptors (Lipinski definition) is 5. The monoisotopic (exact) mass is 303 g/mol. The predicted molar refractivity (Wildman–Crippen MR) is 84.8 cm³/mol. The Labute approximate surface area is 129 Å². The molecule has 0 spiro atoms. The number of thioether (sulfide) groups is 1. The van der Waals surface area contributed by atoms with E-state index in [1.54, 1.807) is 0 Å². The molecule has 1 aromatic heterocycles. The molecule has 2 heterocycles. The molecule has 0 radical (unpaired) electrons. The van der Waals surface area contributed by atoms with E-state index < -0.39 is 0 Å². The first kappa shape index (κ1) is 14.6. The lowest BCUT2D eigenvalue weighted by Crippen LogP contribution is -2.16. The zero-order valence-electron chi connectivity index (χ0n) is 12.3. The van der Waals surface area contributed by atoms with Crippen LogP contribution in [0.1, 0.15) is 43.0 Å². The third kappa shape index (κ3) is 3.47. The summed E-state index contributed by atoms with van der Waals surface area (Å²) in [6, 6.07) is 8.49. The predicted octanol–water partition coefficient (Wildman–Crippen LogP) is 3.24. The zero-order chi connectivity index (χ0) is 14.5. The fraction of sp³-hybridized carbons (Fsp3) is 0.500. The van der Waals surface area contributed by atoms with E-state index in [0.29, 0.717) is 0 Å². The molecule has 0 amide bonds. The van der Waals surface area contributed by atoms with Gasteiger partial charge < -0.3 is 9.73 Å². The number of rotatable bonds is 7. The highest BCUT2D eigenvalue weighted by molar-refractivity contribution is 7.99. The molecule has 0 bridgehead atoms. The number of hydrogen-bond donors (Lipinski definition) is 1. The van der Waals surface area contributed by atoms with Crippen molar-refractivity contribution in [1.29, 1.82) is 0 Å². The van der Waals surface area contributed by atoms with Gasteiger partial charge in [-0.3, -0.25) is 0 Å². The quantitative estimate of drug-likeness (QED) is 0.796. The maximum absolute atomic E-state index is 5.87. The molecule has 112 valence electrons. The van der Waals surface area contributed by atoms with Gasteiger partial charge in [0.25, 0.3) is 0 Å². The van der Waals surface area contributed by atoms with Crippen molar-refractivity contribution in [2.75, 3.05) is 18.8 Å². The number of benzene rings is 1. The van der Waals surface area contributed by atoms with Crippen LogP contribution in [0.15, 0.2) is 33.6 Å². The van der Waals surface area contributed by atoms with Crippen LogP contribution in [0.5, 0.6) is 0 Å². The molecule has 4 nitrogen and oxygen atoms in total. The highest BCUT2D eigenvalue weighted by atomic mass is 32.2. The van der Waals surface area contributed by atoms with Crippen molar-refractivity contribution in [2.24, 2.45) is 0 Å². The molecule has 2 aromatic rings. The van der Waals surface area contributed by atoms with Gasteiger partial charge in [0.2, 0.25) is 11.8 Å². The average molecular weight is 303 g/mol. The van der Waals surface area contributed by atoms with Gasteiger partial charge in [0.05, 0.1) is 5.92 Å². The molecular weight excluding hydrogens is 282 g/mol. The smallest absolute Gasteiger partial charge is 0.224 e. The maximum Gasteiger partial charge on any atom is 0.224 e. The molecule has 0 fully saturated rings. The first-order valence-corrected chi connectivity index (χ1v) is 8.61. The van der Waals surface area contributed by atoms with Crippen LogP contribution in [-0.2, 0) is 6.42 Å². The van der Waals surface area contributed by atoms with Gasteiger partial charge in [-0.25, -0.2) is 0 Å². The molecule has 21 heavy (non-hydrogen) atoms. The van der Waals surface area contributed by atoms with Gasteiger partial charge in [-0.2, -0.15) is 0 Å². The molecule has 0 saturated carbocycles. The fourth-order valence-electron chi connectivity index (χ4n) is 2.54. The van der Waals surface area contributed by atoms with Crippen LogP contribution in [0, 0.1) is 0 Å². The van der Waals surface area contributed by atoms with Gasteiger partial charge in [0.15, 0.2) is 0 Å². The second-order valence-corrected chi connectivity index (χ2v) is 6.35. The molecule has 1 aromatic carbocycles. The molecule has 1 aliphatic heterocycles. The summed E-state index contributed by atoms with van der Waals surface area (Å²) in [7, 11) is 0. The van der Waals surface area contributed by atoms with E-state index in [1.807, 2.05) is 11.8 Å². The lowest BCUT2D eigenvalue weighted by molar-refractivity contribution is 0.434. The molecule has 0 aliphatic carbocycles. The summed E-state index contributed by atoms with van der Waals surface area (Å²) in [6.45, 7) is 4.26. The second-order valence-electron chi connectivity index (χ2n) is 5.29. The molecule has 1 atom stereocenters. The van der Waals surface area contributed by atoms with Gasteiger partial charge >= 0.3 is 0 Å². The molecule has 1 unspecified atom stereocenters. The SMILES string of the molecule is CCCNCCCc1nnc(C2CSc3ccccc32)o1. The summed E-state index contributed by atoms with van der Waals surface area (Å²) in [5, 5.41) is 11.8. The van der Waals surface area contributed by atoms with E-state index in [2.05, 4.69) is 46.7 Å². The summed E-state index contributed by atoms with van der Waals surface area (Å²) >= 11 is 1.87. The van der Waals surface area contributed by atoms with Crippen molar-refractivity contribution >= 4 is 11.8 Å². The lowest BCUT2D eigenvalue weighted by atomic mass is 10.0. The third-order valence-electron chi connectivity index (χ3n) is 3.65. The number of nitrogens with one attached hydrogen (secondary N) is 1. The molecular formula is C16H21N3OS. The highest BCUT2D eigenvalue weighted by Crippen LogP contribution is 2.42. The third-order valence-corrected chi connectivity index (χ3v) is 4.83. The first-order valence-electron chi connectivity index (χ1n) is 7.63. The van der Waals surface area contributed by atoms with Crippen LogP contribution < -0.4 is 5.32 Å². The van der Waals surface area contributed by atoms with Crippen molar-refractivity contribution in [3.8, 4) is 0 Å². The normalized spacial score (nSPS) is 17.1.